The minimum absolute atomic E-state index is 0.247. The zero-order valence-corrected chi connectivity index (χ0v) is 56.6. The van der Waals surface area contributed by atoms with E-state index in [2.05, 4.69) is 43.5 Å². The first kappa shape index (κ1) is 83.2. The molecule has 17 unspecified atom stereocenters. The van der Waals surface area contributed by atoms with Crippen molar-refractivity contribution >= 4 is 5.91 Å². The lowest BCUT2D eigenvalue weighted by Crippen LogP contribution is -2.66. The number of nitrogens with one attached hydrogen (secondary N) is 1. The zero-order chi connectivity index (χ0) is 66.1. The average Bonchev–Trinajstić information content (AvgIpc) is 0.826. The Labute approximate surface area is 549 Å². The smallest absolute Gasteiger partial charge is 0.220 e. The molecule has 3 heterocycles. The second-order valence-corrected chi connectivity index (χ2v) is 26.4. The summed E-state index contributed by atoms with van der Waals surface area (Å²) < 4.78 is 34.3. The highest BCUT2D eigenvalue weighted by Crippen LogP contribution is 2.33. The van der Waals surface area contributed by atoms with Crippen LogP contribution in [0.1, 0.15) is 284 Å². The molecular weight excluding hydrogens is 1170 g/mol. The van der Waals surface area contributed by atoms with Crippen molar-refractivity contribution in [3.8, 4) is 0 Å². The highest BCUT2D eigenvalue weighted by Gasteiger charge is 2.53. The van der Waals surface area contributed by atoms with Crippen LogP contribution in [0, 0.1) is 0 Å². The normalized spacial score (nSPS) is 28.0. The molecule has 3 aliphatic rings. The number of rotatable bonds is 57. The summed E-state index contributed by atoms with van der Waals surface area (Å²) in [6.45, 7) is 1.69. The summed E-state index contributed by atoms with van der Waals surface area (Å²) in [7, 11) is 0. The highest BCUT2D eigenvalue weighted by atomic mass is 16.8. The van der Waals surface area contributed by atoms with Crippen molar-refractivity contribution < 1.29 is 89.4 Å². The van der Waals surface area contributed by atoms with Gasteiger partial charge in [-0.05, 0) is 51.4 Å². The van der Waals surface area contributed by atoms with Crippen LogP contribution in [0.2, 0.25) is 0 Å². The van der Waals surface area contributed by atoms with Gasteiger partial charge in [0.25, 0.3) is 0 Å². The van der Waals surface area contributed by atoms with E-state index in [0.29, 0.717) is 6.42 Å². The van der Waals surface area contributed by atoms with Gasteiger partial charge in [0, 0.05) is 6.42 Å². The van der Waals surface area contributed by atoms with Gasteiger partial charge in [0.2, 0.25) is 5.91 Å². The van der Waals surface area contributed by atoms with Crippen LogP contribution < -0.4 is 5.32 Å². The third kappa shape index (κ3) is 35.7. The second-order valence-electron chi connectivity index (χ2n) is 26.4. The Hall–Kier alpha value is -1.99. The average molecular weight is 1300 g/mol. The molecule has 3 aliphatic heterocycles. The lowest BCUT2D eigenvalue weighted by atomic mass is 9.96. The molecule has 0 spiro atoms. The maximum atomic E-state index is 13.3. The van der Waals surface area contributed by atoms with Crippen molar-refractivity contribution in [2.75, 3.05) is 26.4 Å². The topological polar surface area (TPSA) is 307 Å². The van der Waals surface area contributed by atoms with Gasteiger partial charge in [0.1, 0.15) is 73.2 Å². The Kier molecular flexibility index (Phi) is 49.5. The lowest BCUT2D eigenvalue weighted by molar-refractivity contribution is -0.379. The molecule has 17 atom stereocenters. The molecule has 0 aromatic carbocycles. The van der Waals surface area contributed by atoms with Crippen LogP contribution in [0.25, 0.3) is 0 Å². The monoisotopic (exact) mass is 1300 g/mol. The van der Waals surface area contributed by atoms with Gasteiger partial charge in [-0.15, -0.1) is 0 Å². The van der Waals surface area contributed by atoms with E-state index in [4.69, 9.17) is 28.4 Å². The van der Waals surface area contributed by atoms with Gasteiger partial charge in [-0.3, -0.25) is 4.79 Å². The first-order valence-electron chi connectivity index (χ1n) is 36.7. The number of carbonyl (C=O) groups excluding carboxylic acids is 1. The lowest BCUT2D eigenvalue weighted by Gasteiger charge is -2.48. The van der Waals surface area contributed by atoms with Crippen LogP contribution in [0.4, 0.5) is 0 Å². The Morgan fingerprint density at radius 3 is 1.12 bits per heavy atom. The molecule has 0 aromatic rings. The van der Waals surface area contributed by atoms with E-state index in [1.54, 1.807) is 6.08 Å². The molecule has 19 heteroatoms. The third-order valence-electron chi connectivity index (χ3n) is 18.4. The Morgan fingerprint density at radius 2 is 0.725 bits per heavy atom. The maximum Gasteiger partial charge on any atom is 0.220 e. The molecule has 0 saturated carbocycles. The number of unbranched alkanes of at least 4 members (excludes halogenated alkanes) is 37. The van der Waals surface area contributed by atoms with Gasteiger partial charge in [0.05, 0.1) is 38.6 Å². The van der Waals surface area contributed by atoms with Gasteiger partial charge in [-0.1, -0.05) is 262 Å². The number of amides is 1. The van der Waals surface area contributed by atoms with E-state index in [1.807, 2.05) is 6.08 Å². The number of allylic oxidation sites excluding steroid dienone is 5. The van der Waals surface area contributed by atoms with E-state index >= 15 is 0 Å². The molecule has 534 valence electrons. The van der Waals surface area contributed by atoms with E-state index in [1.165, 1.54) is 205 Å². The van der Waals surface area contributed by atoms with E-state index in [9.17, 15) is 61.0 Å². The van der Waals surface area contributed by atoms with Gasteiger partial charge in [-0.25, -0.2) is 0 Å². The van der Waals surface area contributed by atoms with E-state index in [-0.39, 0.29) is 18.9 Å². The summed E-state index contributed by atoms with van der Waals surface area (Å²) in [6, 6.07) is -0.969. The molecule has 3 fully saturated rings. The first-order valence-corrected chi connectivity index (χ1v) is 36.7. The number of carbonyl (C=O) groups is 1. The van der Waals surface area contributed by atoms with Crippen molar-refractivity contribution in [1.29, 1.82) is 0 Å². The molecule has 91 heavy (non-hydrogen) atoms. The van der Waals surface area contributed by atoms with Gasteiger partial charge >= 0.3 is 0 Å². The molecule has 12 N–H and O–H groups in total. The molecule has 1 amide bonds. The number of ether oxygens (including phenoxy) is 6. The van der Waals surface area contributed by atoms with Crippen LogP contribution in [-0.2, 0) is 33.2 Å². The Bertz CT molecular complexity index is 1790. The summed E-state index contributed by atoms with van der Waals surface area (Å²) in [5.74, 6) is -0.274. The van der Waals surface area contributed by atoms with Gasteiger partial charge in [0.15, 0.2) is 18.9 Å². The molecule has 3 rings (SSSR count). The predicted molar refractivity (Wildman–Crippen MR) is 356 cm³/mol. The minimum atomic E-state index is -1.98. The quantitative estimate of drug-likeness (QED) is 0.0199. The van der Waals surface area contributed by atoms with Crippen LogP contribution in [0.5, 0.6) is 0 Å². The fourth-order valence-corrected chi connectivity index (χ4v) is 12.5. The third-order valence-corrected chi connectivity index (χ3v) is 18.4. The van der Waals surface area contributed by atoms with Crippen molar-refractivity contribution in [2.45, 2.75) is 388 Å². The van der Waals surface area contributed by atoms with E-state index in [0.717, 1.165) is 51.4 Å². The van der Waals surface area contributed by atoms with E-state index < -0.39 is 124 Å². The Morgan fingerprint density at radius 1 is 0.396 bits per heavy atom. The van der Waals surface area contributed by atoms with Gasteiger partial charge < -0.3 is 89.9 Å². The Balaban J connectivity index is 1.27. The first-order chi connectivity index (χ1) is 44.3. The second kappa shape index (κ2) is 54.1. The minimum Gasteiger partial charge on any atom is -0.394 e. The summed E-state index contributed by atoms with van der Waals surface area (Å²) >= 11 is 0. The fourth-order valence-electron chi connectivity index (χ4n) is 12.5. The van der Waals surface area contributed by atoms with Gasteiger partial charge in [-0.2, -0.15) is 0 Å². The predicted octanol–water partition coefficient (Wildman–Crippen LogP) is 10.4. The molecule has 0 aliphatic carbocycles. The molecule has 19 nitrogen and oxygen atoms in total. The fraction of sp³-hybridized carbons (Fsp3) is 0.903. The van der Waals surface area contributed by atoms with Crippen molar-refractivity contribution in [2.24, 2.45) is 0 Å². The number of hydrogen-bond donors (Lipinski definition) is 12. The van der Waals surface area contributed by atoms with Crippen LogP contribution in [-0.4, -0.2) is 193 Å². The van der Waals surface area contributed by atoms with Crippen molar-refractivity contribution in [3.63, 3.8) is 0 Å². The molecule has 0 aromatic heterocycles. The number of aliphatic hydroxyl groups excluding tert-OH is 11. The molecule has 0 bridgehead atoms. The van der Waals surface area contributed by atoms with Crippen molar-refractivity contribution in [3.05, 3.63) is 36.5 Å². The van der Waals surface area contributed by atoms with Crippen molar-refractivity contribution in [1.82, 2.24) is 5.32 Å². The standard InChI is InChI=1S/C72H133NO18/c1-3-5-7-9-11-13-14-15-16-17-18-19-20-21-22-23-24-25-26-27-28-29-30-31-32-33-34-35-36-37-38-39-40-42-44-46-48-50-60(78)73-55(56(77)49-47-45-43-41-12-10-8-6-4-2)54-86-70-66(84)63(81)68(58(52-75)88-70)91-72-67(85)64(82)69(59(53-76)89-72)90-71-65(83)62(80)61(79)57(51-74)87-71/h14-15,17-18,47,49,55-59,61-72,74-77,79-85H,3-13,16,19-46,48,50-54H2,1-2H3,(H,73,78)/b15-14-,18-17-,49-47+. The highest BCUT2D eigenvalue weighted by molar-refractivity contribution is 5.76. The molecular formula is C72H133NO18. The summed E-state index contributed by atoms with van der Waals surface area (Å²) in [6.07, 6.45) is 37.6. The van der Waals surface area contributed by atoms with Crippen LogP contribution in [0.15, 0.2) is 36.5 Å². The SMILES string of the molecule is CCCCCCC/C=C\C/C=C\CCCCCCCCCCCCCCCCCCCCCCCCCCCC(=O)NC(COC1OC(CO)C(OC2OC(CO)C(OC3OC(CO)C(O)C(O)C3O)C(O)C2O)C(O)C1O)C(O)/C=C/CCCCCCCCC. The number of hydrogen-bond acceptors (Lipinski definition) is 18. The summed E-state index contributed by atoms with van der Waals surface area (Å²) in [5, 5.41) is 120. The molecule has 3 saturated heterocycles. The number of aliphatic hydroxyl groups is 11. The maximum absolute atomic E-state index is 13.3. The summed E-state index contributed by atoms with van der Waals surface area (Å²) in [4.78, 5) is 13.3. The largest absolute Gasteiger partial charge is 0.394 e. The van der Waals surface area contributed by atoms with Crippen LogP contribution >= 0.6 is 0 Å². The van der Waals surface area contributed by atoms with Crippen LogP contribution in [0.3, 0.4) is 0 Å². The zero-order valence-electron chi connectivity index (χ0n) is 56.6. The molecule has 0 radical (unpaired) electrons. The summed E-state index contributed by atoms with van der Waals surface area (Å²) in [5.41, 5.74) is 0.